The van der Waals surface area contributed by atoms with E-state index >= 15 is 0 Å². The maximum absolute atomic E-state index is 9.11. The Morgan fingerprint density at radius 3 is 3.00 bits per heavy atom. The second-order valence-electron chi connectivity index (χ2n) is 4.03. The van der Waals surface area contributed by atoms with Crippen molar-refractivity contribution < 1.29 is 5.11 Å². The van der Waals surface area contributed by atoms with Crippen molar-refractivity contribution in [2.24, 2.45) is 0 Å². The Labute approximate surface area is 95.5 Å². The Hall–Kier alpha value is -1.32. The van der Waals surface area contributed by atoms with Gasteiger partial charge >= 0.3 is 0 Å². The highest BCUT2D eigenvalue weighted by molar-refractivity contribution is 5.82. The van der Waals surface area contributed by atoms with Crippen molar-refractivity contribution in [2.75, 3.05) is 6.61 Å². The van der Waals surface area contributed by atoms with Gasteiger partial charge in [-0.2, -0.15) is 0 Å². The third kappa shape index (κ3) is 2.26. The van der Waals surface area contributed by atoms with Gasteiger partial charge in [-0.3, -0.25) is 0 Å². The topological polar surface area (TPSA) is 48.0 Å². The number of H-pyrrole nitrogens is 1. The molecule has 2 rings (SSSR count). The van der Waals surface area contributed by atoms with E-state index in [1.807, 2.05) is 6.20 Å². The second kappa shape index (κ2) is 5.14. The Morgan fingerprint density at radius 2 is 2.25 bits per heavy atom. The maximum Gasteiger partial charge on any atom is 0.0584 e. The highest BCUT2D eigenvalue weighted by atomic mass is 16.3. The minimum absolute atomic E-state index is 0.185. The van der Waals surface area contributed by atoms with Crippen LogP contribution in [0.4, 0.5) is 0 Å². The number of aliphatic hydroxyl groups is 1. The molecular weight excluding hydrogens is 200 g/mol. The van der Waals surface area contributed by atoms with Gasteiger partial charge in [-0.1, -0.05) is 25.1 Å². The molecule has 1 unspecified atom stereocenters. The number of fused-ring (bicyclic) bond motifs is 1. The largest absolute Gasteiger partial charge is 0.395 e. The van der Waals surface area contributed by atoms with Crippen LogP contribution in [-0.2, 0) is 6.54 Å². The lowest BCUT2D eigenvalue weighted by atomic mass is 10.1. The fraction of sp³-hybridized carbons (Fsp3) is 0.385. The Balaban J connectivity index is 2.11. The molecule has 0 radical (unpaired) electrons. The Morgan fingerprint density at radius 1 is 1.38 bits per heavy atom. The molecule has 0 fully saturated rings. The van der Waals surface area contributed by atoms with Crippen LogP contribution in [0, 0.1) is 0 Å². The molecule has 3 N–H and O–H groups in total. The third-order valence-corrected chi connectivity index (χ3v) is 2.97. The predicted octanol–water partition coefficient (Wildman–Crippen LogP) is 2.03. The van der Waals surface area contributed by atoms with Crippen LogP contribution >= 0.6 is 0 Å². The van der Waals surface area contributed by atoms with E-state index in [-0.39, 0.29) is 12.6 Å². The van der Waals surface area contributed by atoms with Gasteiger partial charge in [0, 0.05) is 24.3 Å². The van der Waals surface area contributed by atoms with E-state index in [1.165, 1.54) is 16.5 Å². The molecule has 0 spiro atoms. The van der Waals surface area contributed by atoms with Crippen LogP contribution in [0.3, 0.4) is 0 Å². The zero-order valence-electron chi connectivity index (χ0n) is 9.53. The van der Waals surface area contributed by atoms with E-state index < -0.39 is 0 Å². The van der Waals surface area contributed by atoms with E-state index in [9.17, 15) is 0 Å². The average Bonchev–Trinajstić information content (AvgIpc) is 2.79. The molecule has 0 amide bonds. The lowest BCUT2D eigenvalue weighted by molar-refractivity contribution is 0.238. The first-order valence-corrected chi connectivity index (χ1v) is 5.74. The van der Waals surface area contributed by atoms with Crippen molar-refractivity contribution in [3.05, 3.63) is 36.0 Å². The number of nitrogens with one attached hydrogen (secondary N) is 2. The van der Waals surface area contributed by atoms with Crippen LogP contribution in [0.15, 0.2) is 30.5 Å². The van der Waals surface area contributed by atoms with Crippen LogP contribution in [-0.4, -0.2) is 22.7 Å². The normalized spacial score (nSPS) is 13.1. The lowest BCUT2D eigenvalue weighted by Crippen LogP contribution is -2.31. The molecule has 0 aliphatic carbocycles. The van der Waals surface area contributed by atoms with Crippen molar-refractivity contribution >= 4 is 10.9 Å². The van der Waals surface area contributed by atoms with Crippen molar-refractivity contribution in [1.82, 2.24) is 10.3 Å². The molecule has 2 aromatic rings. The zero-order valence-corrected chi connectivity index (χ0v) is 9.53. The Kier molecular flexibility index (Phi) is 3.59. The summed E-state index contributed by atoms with van der Waals surface area (Å²) in [5.41, 5.74) is 2.43. The van der Waals surface area contributed by atoms with Gasteiger partial charge in [0.05, 0.1) is 6.61 Å². The fourth-order valence-corrected chi connectivity index (χ4v) is 1.89. The molecule has 0 aliphatic rings. The number of para-hydroxylation sites is 1. The first kappa shape index (κ1) is 11.2. The third-order valence-electron chi connectivity index (χ3n) is 2.97. The molecule has 1 aromatic heterocycles. The molecule has 3 heteroatoms. The second-order valence-corrected chi connectivity index (χ2v) is 4.03. The smallest absolute Gasteiger partial charge is 0.0584 e. The van der Waals surface area contributed by atoms with Crippen LogP contribution in [0.25, 0.3) is 10.9 Å². The van der Waals surface area contributed by atoms with Crippen molar-refractivity contribution in [2.45, 2.75) is 25.9 Å². The maximum atomic E-state index is 9.11. The predicted molar refractivity (Wildman–Crippen MR) is 66.3 cm³/mol. The van der Waals surface area contributed by atoms with Gasteiger partial charge in [0.15, 0.2) is 0 Å². The highest BCUT2D eigenvalue weighted by Crippen LogP contribution is 2.16. The van der Waals surface area contributed by atoms with Gasteiger partial charge in [0.25, 0.3) is 0 Å². The van der Waals surface area contributed by atoms with E-state index in [0.717, 1.165) is 13.0 Å². The number of hydrogen-bond donors (Lipinski definition) is 3. The summed E-state index contributed by atoms with van der Waals surface area (Å²) in [5, 5.41) is 13.7. The van der Waals surface area contributed by atoms with Crippen LogP contribution in [0.1, 0.15) is 18.9 Å². The summed E-state index contributed by atoms with van der Waals surface area (Å²) < 4.78 is 0. The van der Waals surface area contributed by atoms with Gasteiger partial charge in [0.1, 0.15) is 0 Å². The summed E-state index contributed by atoms with van der Waals surface area (Å²) in [6, 6.07) is 8.52. The summed E-state index contributed by atoms with van der Waals surface area (Å²) >= 11 is 0. The first-order chi connectivity index (χ1) is 7.85. The van der Waals surface area contributed by atoms with Gasteiger partial charge in [-0.05, 0) is 23.4 Å². The molecule has 0 saturated carbocycles. The number of aliphatic hydroxyl groups excluding tert-OH is 1. The van der Waals surface area contributed by atoms with E-state index in [0.29, 0.717) is 0 Å². The number of aromatic nitrogens is 1. The molecule has 1 aromatic carbocycles. The molecule has 3 nitrogen and oxygen atoms in total. The average molecular weight is 218 g/mol. The van der Waals surface area contributed by atoms with Crippen molar-refractivity contribution in [3.8, 4) is 0 Å². The molecule has 16 heavy (non-hydrogen) atoms. The minimum atomic E-state index is 0.185. The molecule has 86 valence electrons. The van der Waals surface area contributed by atoms with Crippen molar-refractivity contribution in [1.29, 1.82) is 0 Å². The molecule has 0 bridgehead atoms. The first-order valence-electron chi connectivity index (χ1n) is 5.74. The summed E-state index contributed by atoms with van der Waals surface area (Å²) in [7, 11) is 0. The molecule has 0 saturated heterocycles. The summed E-state index contributed by atoms with van der Waals surface area (Å²) in [6.45, 7) is 3.05. The van der Waals surface area contributed by atoms with Gasteiger partial charge < -0.3 is 15.4 Å². The fourth-order valence-electron chi connectivity index (χ4n) is 1.89. The summed E-state index contributed by atoms with van der Waals surface area (Å²) in [5.74, 6) is 0. The van der Waals surface area contributed by atoms with E-state index in [4.69, 9.17) is 5.11 Å². The number of hydrogen-bond acceptors (Lipinski definition) is 2. The van der Waals surface area contributed by atoms with E-state index in [1.54, 1.807) is 0 Å². The summed E-state index contributed by atoms with van der Waals surface area (Å²) in [4.78, 5) is 3.25. The standard InChI is InChI=1S/C13H18N2O/c1-2-12(9-16)15-8-11-5-3-4-10-6-7-14-13(10)11/h3-7,12,14-16H,2,8-9H2,1H3. The monoisotopic (exact) mass is 218 g/mol. The SMILES string of the molecule is CCC(CO)NCc1cccc2cc[nH]c12. The molecule has 0 aliphatic heterocycles. The van der Waals surface area contributed by atoms with Crippen molar-refractivity contribution in [3.63, 3.8) is 0 Å². The van der Waals surface area contributed by atoms with Crippen LogP contribution in [0.2, 0.25) is 0 Å². The Bertz CT molecular complexity index is 446. The summed E-state index contributed by atoms with van der Waals surface area (Å²) in [6.07, 6.45) is 2.90. The number of rotatable bonds is 5. The minimum Gasteiger partial charge on any atom is -0.395 e. The van der Waals surface area contributed by atoms with Gasteiger partial charge in [-0.25, -0.2) is 0 Å². The lowest BCUT2D eigenvalue weighted by Gasteiger charge is -2.14. The van der Waals surface area contributed by atoms with Crippen LogP contribution < -0.4 is 5.32 Å². The number of aromatic amines is 1. The highest BCUT2D eigenvalue weighted by Gasteiger charge is 2.05. The number of benzene rings is 1. The van der Waals surface area contributed by atoms with Crippen LogP contribution in [0.5, 0.6) is 0 Å². The molecule has 1 heterocycles. The van der Waals surface area contributed by atoms with E-state index in [2.05, 4.69) is 41.5 Å². The van der Waals surface area contributed by atoms with Gasteiger partial charge in [-0.15, -0.1) is 0 Å². The van der Waals surface area contributed by atoms with Gasteiger partial charge in [0.2, 0.25) is 0 Å². The molecule has 1 atom stereocenters. The molecular formula is C13H18N2O. The quantitative estimate of drug-likeness (QED) is 0.719. The zero-order chi connectivity index (χ0) is 11.4.